The summed E-state index contributed by atoms with van der Waals surface area (Å²) in [5.74, 6) is 2.42. The van der Waals surface area contributed by atoms with Gasteiger partial charge in [0, 0.05) is 113 Å². The van der Waals surface area contributed by atoms with Crippen LogP contribution >= 0.6 is 11.6 Å². The summed E-state index contributed by atoms with van der Waals surface area (Å²) in [5.41, 5.74) is 10.3. The van der Waals surface area contributed by atoms with E-state index >= 15 is 4.39 Å². The van der Waals surface area contributed by atoms with Crippen LogP contribution in [0.15, 0.2) is 65.2 Å². The summed E-state index contributed by atoms with van der Waals surface area (Å²) in [6, 6.07) is 14.3. The van der Waals surface area contributed by atoms with Gasteiger partial charge in [0.25, 0.3) is 0 Å². The highest BCUT2D eigenvalue weighted by Crippen LogP contribution is 2.46. The van der Waals surface area contributed by atoms with Gasteiger partial charge in [-0.15, -0.1) is 10.2 Å². The summed E-state index contributed by atoms with van der Waals surface area (Å²) in [7, 11) is 1.96. The topological polar surface area (TPSA) is 125 Å². The van der Waals surface area contributed by atoms with Crippen LogP contribution in [0.5, 0.6) is 5.88 Å². The smallest absolute Gasteiger partial charge is 0.236 e. The predicted molar refractivity (Wildman–Crippen MR) is 276 cm³/mol. The number of aryl methyl sites for hydroxylation is 3. The highest BCUT2D eigenvalue weighted by atomic mass is 35.5. The Balaban J connectivity index is 0.664. The molecule has 372 valence electrons. The van der Waals surface area contributed by atoms with Gasteiger partial charge in [-0.2, -0.15) is 10.4 Å². The summed E-state index contributed by atoms with van der Waals surface area (Å²) >= 11 is 6.39. The van der Waals surface area contributed by atoms with E-state index in [0.717, 1.165) is 134 Å². The number of amides is 1. The Morgan fingerprint density at radius 1 is 1.01 bits per heavy atom. The SMILES string of the molecule is CC(=O)N1CCC2=C(C1)C(N1CCCc3cc(-c4cnn(C)c4)c(C)cc31)=N/[N+]2=C/C1CCC(CN2CCC(Oc3cc(F)c(N4CCC5(CC4)C[C@H](C)N(c4ccc(C#N)c(Cl)c4)C5)nn3)CC2)CC1. The average Bonchev–Trinajstić information content (AvgIpc) is 4.06. The van der Waals surface area contributed by atoms with Crippen LogP contribution < -0.4 is 19.4 Å². The van der Waals surface area contributed by atoms with E-state index in [-0.39, 0.29) is 29.1 Å². The summed E-state index contributed by atoms with van der Waals surface area (Å²) in [4.78, 5) is 24.1. The molecule has 4 aromatic rings. The molecule has 3 saturated heterocycles. The van der Waals surface area contributed by atoms with Crippen LogP contribution in [-0.4, -0.2) is 123 Å². The van der Waals surface area contributed by atoms with Crippen molar-refractivity contribution in [1.82, 2.24) is 29.8 Å². The number of aromatic nitrogens is 4. The normalized spacial score (nSPS) is 24.4. The van der Waals surface area contributed by atoms with Gasteiger partial charge in [0.15, 0.2) is 17.8 Å². The Morgan fingerprint density at radius 2 is 1.82 bits per heavy atom. The molecule has 6 aliphatic heterocycles. The molecule has 8 heterocycles. The van der Waals surface area contributed by atoms with Gasteiger partial charge in [-0.3, -0.25) is 9.48 Å². The molecule has 0 unspecified atom stereocenters. The number of rotatable bonds is 8. The van der Waals surface area contributed by atoms with Gasteiger partial charge >= 0.3 is 0 Å². The number of hydrogen-bond donors (Lipinski definition) is 0. The molecule has 1 amide bonds. The fraction of sp³-hybridized carbons (Fsp3) is 0.545. The van der Waals surface area contributed by atoms with Crippen LogP contribution in [0.2, 0.25) is 5.02 Å². The Morgan fingerprint density at radius 3 is 2.54 bits per heavy atom. The highest BCUT2D eigenvalue weighted by Gasteiger charge is 2.45. The fourth-order valence-corrected chi connectivity index (χ4v) is 13.2. The van der Waals surface area contributed by atoms with E-state index in [9.17, 15) is 10.1 Å². The van der Waals surface area contributed by atoms with Crippen LogP contribution in [0, 0.1) is 41.3 Å². The third-order valence-electron chi connectivity index (χ3n) is 16.9. The quantitative estimate of drug-likeness (QED) is 0.158. The first-order valence-electron chi connectivity index (χ1n) is 26.1. The lowest BCUT2D eigenvalue weighted by Crippen LogP contribution is -2.42. The van der Waals surface area contributed by atoms with Gasteiger partial charge < -0.3 is 29.2 Å². The molecule has 14 nitrogen and oxygen atoms in total. The number of benzene rings is 2. The maximum Gasteiger partial charge on any atom is 0.236 e. The van der Waals surface area contributed by atoms with Crippen molar-refractivity contribution in [3.63, 3.8) is 0 Å². The van der Waals surface area contributed by atoms with Gasteiger partial charge in [-0.1, -0.05) is 16.3 Å². The molecular weight excluding hydrogens is 915 g/mol. The van der Waals surface area contributed by atoms with Crippen molar-refractivity contribution < 1.29 is 18.6 Å². The summed E-state index contributed by atoms with van der Waals surface area (Å²) in [6.45, 7) is 13.7. The lowest BCUT2D eigenvalue weighted by atomic mass is 9.77. The van der Waals surface area contributed by atoms with Crippen LogP contribution in [-0.2, 0) is 18.3 Å². The van der Waals surface area contributed by atoms with Gasteiger partial charge in [0.05, 0.1) is 35.3 Å². The number of hydrogen-bond acceptors (Lipinski definition) is 11. The number of piperidine rings is 2. The lowest BCUT2D eigenvalue weighted by molar-refractivity contribution is -0.479. The van der Waals surface area contributed by atoms with E-state index in [1.54, 1.807) is 13.0 Å². The Kier molecular flexibility index (Phi) is 13.1. The first kappa shape index (κ1) is 47.5. The molecule has 0 bridgehead atoms. The van der Waals surface area contributed by atoms with Crippen molar-refractivity contribution in [3.8, 4) is 23.1 Å². The minimum Gasteiger partial charge on any atom is -0.473 e. The Hall–Kier alpha value is -5.85. The van der Waals surface area contributed by atoms with E-state index in [2.05, 4.69) is 79.1 Å². The monoisotopic (exact) mass is 982 g/mol. The number of hydrazone groups is 1. The van der Waals surface area contributed by atoms with Crippen molar-refractivity contribution in [2.45, 2.75) is 110 Å². The van der Waals surface area contributed by atoms with Gasteiger partial charge in [0.2, 0.25) is 23.3 Å². The number of carbonyl (C=O) groups excluding carboxylic acids is 1. The first-order valence-corrected chi connectivity index (χ1v) is 26.5. The summed E-state index contributed by atoms with van der Waals surface area (Å²) in [5, 5.41) is 28.4. The van der Waals surface area contributed by atoms with Crippen LogP contribution in [0.4, 0.5) is 21.6 Å². The van der Waals surface area contributed by atoms with Gasteiger partial charge in [-0.25, -0.2) is 4.39 Å². The van der Waals surface area contributed by atoms with Crippen molar-refractivity contribution in [1.29, 1.82) is 5.26 Å². The number of carbonyl (C=O) groups is 1. The second-order valence-electron chi connectivity index (χ2n) is 21.7. The van der Waals surface area contributed by atoms with Crippen molar-refractivity contribution in [2.24, 2.45) is 29.4 Å². The molecule has 4 fully saturated rings. The Bertz CT molecular complexity index is 2830. The predicted octanol–water partition coefficient (Wildman–Crippen LogP) is 8.75. The molecule has 11 rings (SSSR count). The minimum absolute atomic E-state index is 0.0107. The lowest BCUT2D eigenvalue weighted by Gasteiger charge is -2.39. The van der Waals surface area contributed by atoms with E-state index < -0.39 is 0 Å². The molecule has 16 heteroatoms. The number of amidine groups is 1. The van der Waals surface area contributed by atoms with Crippen molar-refractivity contribution >= 4 is 46.8 Å². The molecule has 0 radical (unpaired) electrons. The van der Waals surface area contributed by atoms with E-state index in [4.69, 9.17) is 21.4 Å². The molecule has 1 spiro atoms. The number of likely N-dealkylation sites (tertiary alicyclic amines) is 1. The number of nitriles is 1. The molecule has 1 atom stereocenters. The van der Waals surface area contributed by atoms with E-state index in [0.29, 0.717) is 40.8 Å². The molecular formula is C55H67ClFN12O2+. The second-order valence-corrected chi connectivity index (χ2v) is 22.1. The largest absolute Gasteiger partial charge is 0.473 e. The molecule has 7 aliphatic rings. The fourth-order valence-electron chi connectivity index (χ4n) is 12.9. The zero-order valence-corrected chi connectivity index (χ0v) is 42.5. The molecule has 71 heavy (non-hydrogen) atoms. The molecule has 1 aliphatic carbocycles. The second kappa shape index (κ2) is 19.6. The maximum absolute atomic E-state index is 15.7. The number of halogens is 2. The van der Waals surface area contributed by atoms with Crippen molar-refractivity contribution in [3.05, 3.63) is 87.6 Å². The van der Waals surface area contributed by atoms with Gasteiger partial charge in [0.1, 0.15) is 12.2 Å². The van der Waals surface area contributed by atoms with Crippen molar-refractivity contribution in [2.75, 3.05) is 73.6 Å². The summed E-state index contributed by atoms with van der Waals surface area (Å²) in [6.07, 6.45) is 18.7. The number of fused-ring (bicyclic) bond motifs is 1. The minimum atomic E-state index is -0.378. The Labute approximate surface area is 422 Å². The number of nitrogens with zero attached hydrogens (tertiary/aromatic N) is 12. The highest BCUT2D eigenvalue weighted by molar-refractivity contribution is 6.32. The first-order chi connectivity index (χ1) is 34.4. The zero-order chi connectivity index (χ0) is 49.0. The molecule has 1 saturated carbocycles. The molecule has 0 N–H and O–H groups in total. The van der Waals surface area contributed by atoms with Gasteiger partial charge in [-0.05, 0) is 143 Å². The standard InChI is InChI=1S/C55H67ClFN12O2/c1-36-24-51-41(25-46(36)43-30-59-63(4)33-43)6-5-18-67(51)53-47-34-66(38(3)70)21-15-50(47)69(62-53)32-40-9-7-39(8-10-40)31-64-19-13-45(14-20-64)71-52-27-49(57)54(61-60-52)65-22-16-55(17-23-65)28-37(2)68(35-55)44-12-11-42(29-58)48(56)26-44/h11-12,24-27,30,32-33,37,39-40,45H,5-10,13-23,28,31,34-35H2,1-4H3/q+1/b69-32+/t37-,39?,40?/m0/s1. The third kappa shape index (κ3) is 9.66. The zero-order valence-electron chi connectivity index (χ0n) is 41.8. The number of ether oxygens (including phenoxy) is 1. The average molecular weight is 983 g/mol. The molecule has 2 aromatic heterocycles. The van der Waals surface area contributed by atoms with Crippen LogP contribution in [0.3, 0.4) is 0 Å². The molecule has 2 aromatic carbocycles. The maximum atomic E-state index is 15.7. The van der Waals surface area contributed by atoms with E-state index in [1.165, 1.54) is 52.6 Å². The van der Waals surface area contributed by atoms with Crippen LogP contribution in [0.25, 0.3) is 11.1 Å². The third-order valence-corrected chi connectivity index (χ3v) is 17.2. The number of anilines is 3. The summed E-state index contributed by atoms with van der Waals surface area (Å²) < 4.78 is 26.0. The van der Waals surface area contributed by atoms with Crippen LogP contribution in [0.1, 0.15) is 101 Å². The van der Waals surface area contributed by atoms with E-state index in [1.807, 2.05) is 39.9 Å².